The number of para-hydroxylation sites is 3. The summed E-state index contributed by atoms with van der Waals surface area (Å²) in [6.07, 6.45) is 4.40. The van der Waals surface area contributed by atoms with Gasteiger partial charge in [0.15, 0.2) is 0 Å². The molecule has 0 saturated heterocycles. The number of carbonyl (C=O) groups is 2. The van der Waals surface area contributed by atoms with Crippen LogP contribution in [0.3, 0.4) is 0 Å². The van der Waals surface area contributed by atoms with Crippen molar-refractivity contribution in [2.24, 2.45) is 0 Å². The van der Waals surface area contributed by atoms with Gasteiger partial charge in [-0.2, -0.15) is 0 Å². The number of carboxylic acids is 2. The molecule has 0 spiro atoms. The van der Waals surface area contributed by atoms with Crippen LogP contribution in [0.25, 0.3) is 0 Å². The van der Waals surface area contributed by atoms with E-state index in [1.807, 2.05) is 30.3 Å². The van der Waals surface area contributed by atoms with Crippen LogP contribution < -0.4 is 18.9 Å². The van der Waals surface area contributed by atoms with Gasteiger partial charge in [-0.25, -0.2) is 26.4 Å². The van der Waals surface area contributed by atoms with Crippen LogP contribution >= 0.6 is 0 Å². The maximum Gasteiger partial charge on any atom is 0.573 e. The first-order valence-electron chi connectivity index (χ1n) is 22.9. The summed E-state index contributed by atoms with van der Waals surface area (Å²) >= 11 is 0. The number of benzene rings is 6. The number of aromatic carboxylic acids is 2. The van der Waals surface area contributed by atoms with Gasteiger partial charge >= 0.3 is 18.3 Å². The number of hydrogen-bond acceptors (Lipinski definition) is 8. The number of nitrogens with one attached hydrogen (secondary N) is 2. The second-order valence-corrected chi connectivity index (χ2v) is 19.6. The van der Waals surface area contributed by atoms with Gasteiger partial charge in [0.2, 0.25) is 0 Å². The summed E-state index contributed by atoms with van der Waals surface area (Å²) < 4.78 is 104. The fourth-order valence-electron chi connectivity index (χ4n) is 7.52. The minimum absolute atomic E-state index is 0.187. The standard InChI is InChI=1S/C28H33NO5S.C25H24F3NO5S/c1-2-3-21-34-24-17-19-25(20-18-24)35(32,33)29-27-16-10-8-14-23(27)13-6-4-5-11-22-12-7-9-15-26(22)28(30)31;26-25(27,28)34-22-16-8-9-17-23(22)35(32,33)29-21-15-7-5-13-19(21)12-3-1-2-10-18-11-4-6-14-20(18)24(30)31/h7-10,12,14-20,29H,2-6,11,13,21H2,1H3,(H,30,31);4-9,11,13-17,29H,1-3,10,12H2,(H,30,31). The quantitative estimate of drug-likeness (QED) is 0.0402. The van der Waals surface area contributed by atoms with Crippen LogP contribution in [0.5, 0.6) is 11.5 Å². The van der Waals surface area contributed by atoms with E-state index in [0.29, 0.717) is 54.9 Å². The summed E-state index contributed by atoms with van der Waals surface area (Å²) in [6, 6.07) is 39.0. The topological polar surface area (TPSA) is 185 Å². The number of ether oxygens (including phenoxy) is 2. The Bertz CT molecular complexity index is 2880. The highest BCUT2D eigenvalue weighted by molar-refractivity contribution is 7.93. The largest absolute Gasteiger partial charge is 0.573 e. The number of carboxylic acid groups (broad SMARTS) is 2. The minimum atomic E-state index is -5.03. The summed E-state index contributed by atoms with van der Waals surface area (Å²) in [4.78, 5) is 22.2. The number of aryl methyl sites for hydroxylation is 4. The van der Waals surface area contributed by atoms with Gasteiger partial charge < -0.3 is 19.7 Å². The molecule has 4 N–H and O–H groups in total. The molecule has 0 fully saturated rings. The molecule has 6 aromatic carbocycles. The van der Waals surface area contributed by atoms with Crippen LogP contribution in [0.1, 0.15) is 101 Å². The zero-order chi connectivity index (χ0) is 50.6. The van der Waals surface area contributed by atoms with E-state index < -0.39 is 49.0 Å². The van der Waals surface area contributed by atoms with Gasteiger partial charge in [-0.05, 0) is 141 Å². The fourth-order valence-corrected chi connectivity index (χ4v) is 9.85. The van der Waals surface area contributed by atoms with Crippen LogP contribution in [0, 0.1) is 0 Å². The molecule has 0 aromatic heterocycles. The van der Waals surface area contributed by atoms with Gasteiger partial charge in [-0.3, -0.25) is 9.44 Å². The predicted octanol–water partition coefficient (Wildman–Crippen LogP) is 12.4. The molecule has 0 aliphatic rings. The second kappa shape index (κ2) is 26.2. The van der Waals surface area contributed by atoms with E-state index in [-0.39, 0.29) is 16.1 Å². The lowest BCUT2D eigenvalue weighted by Gasteiger charge is -2.16. The van der Waals surface area contributed by atoms with Gasteiger partial charge in [-0.1, -0.05) is 111 Å². The molecule has 6 rings (SSSR count). The van der Waals surface area contributed by atoms with Crippen molar-refractivity contribution >= 4 is 43.4 Å². The van der Waals surface area contributed by atoms with Crippen molar-refractivity contribution in [2.75, 3.05) is 16.1 Å². The van der Waals surface area contributed by atoms with Crippen molar-refractivity contribution < 1.29 is 59.3 Å². The number of unbranched alkanes of at least 4 members (excludes halogenated alkanes) is 5. The Kier molecular flexibility index (Phi) is 20.3. The SMILES string of the molecule is CCCCOc1ccc(S(=O)(=O)Nc2ccccc2CCCCCc2ccccc2C(=O)O)cc1.O=C(O)c1ccccc1CCCCCc1ccccc1NS(=O)(=O)c1ccccc1OC(F)(F)F. The molecule has 0 aliphatic heterocycles. The van der Waals surface area contributed by atoms with E-state index in [4.69, 9.17) is 4.74 Å². The highest BCUT2D eigenvalue weighted by Gasteiger charge is 2.34. The van der Waals surface area contributed by atoms with E-state index in [1.54, 1.807) is 91.0 Å². The third-order valence-electron chi connectivity index (χ3n) is 11.1. The molecular formula is C53H57F3N2O10S2. The van der Waals surface area contributed by atoms with E-state index in [1.165, 1.54) is 12.1 Å². The summed E-state index contributed by atoms with van der Waals surface area (Å²) in [5.74, 6) is -2.03. The molecule has 12 nitrogen and oxygen atoms in total. The molecule has 70 heavy (non-hydrogen) atoms. The van der Waals surface area contributed by atoms with Gasteiger partial charge in [0.1, 0.15) is 16.4 Å². The maximum absolute atomic E-state index is 12.9. The van der Waals surface area contributed by atoms with Crippen LogP contribution in [0.4, 0.5) is 24.5 Å². The molecule has 0 aliphatic carbocycles. The van der Waals surface area contributed by atoms with Gasteiger partial charge in [0.25, 0.3) is 20.0 Å². The first-order valence-corrected chi connectivity index (χ1v) is 25.9. The second-order valence-electron chi connectivity index (χ2n) is 16.2. The Morgan fingerprint density at radius 2 is 0.929 bits per heavy atom. The number of sulfonamides is 2. The molecule has 0 amide bonds. The Morgan fingerprint density at radius 3 is 1.40 bits per heavy atom. The Morgan fingerprint density at radius 1 is 0.514 bits per heavy atom. The number of alkyl halides is 3. The molecule has 372 valence electrons. The normalized spacial score (nSPS) is 11.5. The smallest absolute Gasteiger partial charge is 0.494 e. The molecule has 0 unspecified atom stereocenters. The molecule has 0 atom stereocenters. The molecule has 17 heteroatoms. The van der Waals surface area contributed by atoms with Gasteiger partial charge in [0.05, 0.1) is 34.0 Å². The zero-order valence-electron chi connectivity index (χ0n) is 38.7. The first kappa shape index (κ1) is 54.1. The number of rotatable bonds is 25. The predicted molar refractivity (Wildman–Crippen MR) is 264 cm³/mol. The lowest BCUT2D eigenvalue weighted by atomic mass is 9.99. The average Bonchev–Trinajstić information content (AvgIpc) is 3.32. The average molecular weight is 1000 g/mol. The highest BCUT2D eigenvalue weighted by atomic mass is 32.2. The summed E-state index contributed by atoms with van der Waals surface area (Å²) in [7, 11) is -8.08. The van der Waals surface area contributed by atoms with Gasteiger partial charge in [0, 0.05) is 0 Å². The number of anilines is 2. The van der Waals surface area contributed by atoms with Crippen molar-refractivity contribution in [1.82, 2.24) is 0 Å². The van der Waals surface area contributed by atoms with Crippen molar-refractivity contribution in [3.63, 3.8) is 0 Å². The monoisotopic (exact) mass is 1000 g/mol. The van der Waals surface area contributed by atoms with E-state index in [9.17, 15) is 49.8 Å². The minimum Gasteiger partial charge on any atom is -0.494 e. The third-order valence-corrected chi connectivity index (χ3v) is 13.9. The van der Waals surface area contributed by atoms with Crippen LogP contribution in [0.15, 0.2) is 155 Å². The zero-order valence-corrected chi connectivity index (χ0v) is 40.3. The number of halogens is 3. The van der Waals surface area contributed by atoms with E-state index >= 15 is 0 Å². The Hall–Kier alpha value is -6.85. The Balaban J connectivity index is 0.000000261. The lowest BCUT2D eigenvalue weighted by Crippen LogP contribution is -2.21. The molecule has 0 bridgehead atoms. The molecule has 0 radical (unpaired) electrons. The summed E-state index contributed by atoms with van der Waals surface area (Å²) in [5.41, 5.74) is 4.70. The molecule has 0 saturated carbocycles. The summed E-state index contributed by atoms with van der Waals surface area (Å²) in [6.45, 7) is 2.70. The fraction of sp³-hybridized carbons (Fsp3) is 0.283. The number of hydrogen-bond donors (Lipinski definition) is 4. The van der Waals surface area contributed by atoms with Gasteiger partial charge in [-0.15, -0.1) is 13.2 Å². The van der Waals surface area contributed by atoms with E-state index in [0.717, 1.165) is 80.2 Å². The lowest BCUT2D eigenvalue weighted by molar-refractivity contribution is -0.275. The summed E-state index contributed by atoms with van der Waals surface area (Å²) in [5, 5.41) is 18.6. The Labute approximate surface area is 407 Å². The van der Waals surface area contributed by atoms with Crippen LogP contribution in [-0.2, 0) is 45.7 Å². The van der Waals surface area contributed by atoms with Crippen molar-refractivity contribution in [3.8, 4) is 11.5 Å². The molecular weight excluding hydrogens is 946 g/mol. The van der Waals surface area contributed by atoms with Crippen molar-refractivity contribution in [3.05, 3.63) is 179 Å². The third kappa shape index (κ3) is 17.0. The van der Waals surface area contributed by atoms with E-state index in [2.05, 4.69) is 21.1 Å². The van der Waals surface area contributed by atoms with Crippen LogP contribution in [0.2, 0.25) is 0 Å². The molecule has 0 heterocycles. The first-order chi connectivity index (χ1) is 33.5. The molecule has 6 aromatic rings. The maximum atomic E-state index is 12.9. The van der Waals surface area contributed by atoms with Crippen molar-refractivity contribution in [2.45, 2.75) is 100 Å². The van der Waals surface area contributed by atoms with Crippen LogP contribution in [-0.4, -0.2) is 52.0 Å². The van der Waals surface area contributed by atoms with Crippen molar-refractivity contribution in [1.29, 1.82) is 0 Å². The highest BCUT2D eigenvalue weighted by Crippen LogP contribution is 2.32.